The molecular formula is C12H12N2O5. The van der Waals surface area contributed by atoms with E-state index in [9.17, 15) is 19.7 Å². The van der Waals surface area contributed by atoms with Gasteiger partial charge in [-0.1, -0.05) is 12.1 Å². The van der Waals surface area contributed by atoms with Gasteiger partial charge in [-0.15, -0.1) is 0 Å². The lowest BCUT2D eigenvalue weighted by atomic mass is 10.2. The standard InChI is InChI=1S/C12H12N2O5/c1-8(12(16)17)13-11(15)6-5-9-3-2-4-10(7-9)14(18)19/h2-8H,1H3,(H,13,15)(H,16,17)/b6-5+. The first-order chi connectivity index (χ1) is 8.90. The Bertz CT molecular complexity index is 539. The highest BCUT2D eigenvalue weighted by molar-refractivity contribution is 5.94. The molecule has 0 saturated carbocycles. The van der Waals surface area contributed by atoms with Crippen molar-refractivity contribution in [1.82, 2.24) is 5.32 Å². The number of carboxylic acid groups (broad SMARTS) is 1. The van der Waals surface area contributed by atoms with Crippen LogP contribution in [0.5, 0.6) is 0 Å². The topological polar surface area (TPSA) is 110 Å². The van der Waals surface area contributed by atoms with Crippen molar-refractivity contribution in [3.8, 4) is 0 Å². The van der Waals surface area contributed by atoms with E-state index in [2.05, 4.69) is 5.32 Å². The number of nitro benzene ring substituents is 1. The summed E-state index contributed by atoms with van der Waals surface area (Å²) in [5.74, 6) is -1.72. The summed E-state index contributed by atoms with van der Waals surface area (Å²) in [4.78, 5) is 31.9. The largest absolute Gasteiger partial charge is 0.480 e. The Hall–Kier alpha value is -2.70. The number of non-ortho nitro benzene ring substituents is 1. The van der Waals surface area contributed by atoms with E-state index in [-0.39, 0.29) is 5.69 Å². The maximum Gasteiger partial charge on any atom is 0.325 e. The molecule has 0 heterocycles. The van der Waals surface area contributed by atoms with Crippen molar-refractivity contribution >= 4 is 23.6 Å². The molecule has 2 N–H and O–H groups in total. The van der Waals surface area contributed by atoms with Crippen molar-refractivity contribution in [2.24, 2.45) is 0 Å². The minimum atomic E-state index is -1.14. The van der Waals surface area contributed by atoms with Crippen molar-refractivity contribution in [3.63, 3.8) is 0 Å². The van der Waals surface area contributed by atoms with Gasteiger partial charge in [-0.25, -0.2) is 0 Å². The molecule has 1 aromatic rings. The zero-order valence-electron chi connectivity index (χ0n) is 10.1. The van der Waals surface area contributed by atoms with Crippen LogP contribution in [0, 0.1) is 10.1 Å². The summed E-state index contributed by atoms with van der Waals surface area (Å²) in [6.45, 7) is 1.33. The molecular weight excluding hydrogens is 252 g/mol. The zero-order valence-corrected chi connectivity index (χ0v) is 10.1. The summed E-state index contributed by atoms with van der Waals surface area (Å²) in [5.41, 5.74) is 0.397. The Morgan fingerprint density at radius 3 is 2.74 bits per heavy atom. The molecule has 7 nitrogen and oxygen atoms in total. The molecule has 0 aromatic heterocycles. The monoisotopic (exact) mass is 264 g/mol. The van der Waals surface area contributed by atoms with Gasteiger partial charge in [0.1, 0.15) is 6.04 Å². The van der Waals surface area contributed by atoms with Gasteiger partial charge in [-0.3, -0.25) is 19.7 Å². The summed E-state index contributed by atoms with van der Waals surface area (Å²) in [6, 6.07) is 4.74. The van der Waals surface area contributed by atoms with Gasteiger partial charge in [-0.05, 0) is 18.6 Å². The van der Waals surface area contributed by atoms with Gasteiger partial charge in [-0.2, -0.15) is 0 Å². The maximum absolute atomic E-state index is 11.4. The Kier molecular flexibility index (Phi) is 4.76. The summed E-state index contributed by atoms with van der Waals surface area (Å²) < 4.78 is 0. The smallest absolute Gasteiger partial charge is 0.325 e. The van der Waals surface area contributed by atoms with Crippen LogP contribution in [0.15, 0.2) is 30.3 Å². The number of nitrogens with zero attached hydrogens (tertiary/aromatic N) is 1. The second kappa shape index (κ2) is 6.29. The van der Waals surface area contributed by atoms with Crippen LogP contribution in [0.1, 0.15) is 12.5 Å². The minimum Gasteiger partial charge on any atom is -0.480 e. The number of carboxylic acids is 1. The van der Waals surface area contributed by atoms with Crippen molar-refractivity contribution in [3.05, 3.63) is 46.0 Å². The molecule has 0 bridgehead atoms. The van der Waals surface area contributed by atoms with Gasteiger partial charge in [0.15, 0.2) is 0 Å². The van der Waals surface area contributed by atoms with E-state index in [4.69, 9.17) is 5.11 Å². The Morgan fingerprint density at radius 2 is 2.16 bits per heavy atom. The number of hydrogen-bond acceptors (Lipinski definition) is 4. The highest BCUT2D eigenvalue weighted by Crippen LogP contribution is 2.13. The molecule has 0 saturated heterocycles. The number of carbonyl (C=O) groups is 2. The normalized spacial score (nSPS) is 12.1. The fourth-order valence-electron chi connectivity index (χ4n) is 1.24. The van der Waals surface area contributed by atoms with Crippen molar-refractivity contribution < 1.29 is 19.6 Å². The first-order valence-electron chi connectivity index (χ1n) is 5.36. The van der Waals surface area contributed by atoms with E-state index in [1.54, 1.807) is 6.07 Å². The molecule has 0 radical (unpaired) electrons. The molecule has 1 amide bonds. The molecule has 1 rings (SSSR count). The zero-order chi connectivity index (χ0) is 14.4. The summed E-state index contributed by atoms with van der Waals surface area (Å²) in [6.07, 6.45) is 2.50. The maximum atomic E-state index is 11.4. The SMILES string of the molecule is CC(NC(=O)/C=C/c1cccc([N+](=O)[O-])c1)C(=O)O. The quantitative estimate of drug-likeness (QED) is 0.471. The van der Waals surface area contributed by atoms with Crippen molar-refractivity contribution in [2.75, 3.05) is 0 Å². The van der Waals surface area contributed by atoms with Gasteiger partial charge in [0.05, 0.1) is 4.92 Å². The summed E-state index contributed by atoms with van der Waals surface area (Å²) in [7, 11) is 0. The van der Waals surface area contributed by atoms with Gasteiger partial charge < -0.3 is 10.4 Å². The van der Waals surface area contributed by atoms with E-state index < -0.39 is 22.8 Å². The van der Waals surface area contributed by atoms with Crippen LogP contribution in [0.25, 0.3) is 6.08 Å². The third-order valence-corrected chi connectivity index (χ3v) is 2.24. The summed E-state index contributed by atoms with van der Waals surface area (Å²) >= 11 is 0. The molecule has 7 heteroatoms. The van der Waals surface area contributed by atoms with Crippen LogP contribution in [0.4, 0.5) is 5.69 Å². The van der Waals surface area contributed by atoms with Crippen LogP contribution in [0.3, 0.4) is 0 Å². The Balaban J connectivity index is 2.71. The van der Waals surface area contributed by atoms with Gasteiger partial charge in [0, 0.05) is 18.2 Å². The number of rotatable bonds is 5. The lowest BCUT2D eigenvalue weighted by Gasteiger charge is -2.05. The number of carbonyl (C=O) groups excluding carboxylic acids is 1. The van der Waals surface area contributed by atoms with Gasteiger partial charge in [0.25, 0.3) is 5.69 Å². The van der Waals surface area contributed by atoms with Crippen LogP contribution in [0.2, 0.25) is 0 Å². The number of nitrogens with one attached hydrogen (secondary N) is 1. The second-order valence-corrected chi connectivity index (χ2v) is 3.75. The number of benzene rings is 1. The van der Waals surface area contributed by atoms with Gasteiger partial charge >= 0.3 is 5.97 Å². The minimum absolute atomic E-state index is 0.0820. The third-order valence-electron chi connectivity index (χ3n) is 2.24. The number of nitro groups is 1. The molecule has 0 aliphatic carbocycles. The van der Waals surface area contributed by atoms with Crippen LogP contribution < -0.4 is 5.32 Å². The lowest BCUT2D eigenvalue weighted by molar-refractivity contribution is -0.384. The predicted molar refractivity (Wildman–Crippen MR) is 67.4 cm³/mol. The molecule has 0 aliphatic rings. The number of hydrogen-bond donors (Lipinski definition) is 2. The molecule has 0 spiro atoms. The lowest BCUT2D eigenvalue weighted by Crippen LogP contribution is -2.37. The Labute approximate surface area is 108 Å². The predicted octanol–water partition coefficient (Wildman–Crippen LogP) is 1.20. The van der Waals surface area contributed by atoms with E-state index in [0.29, 0.717) is 5.56 Å². The highest BCUT2D eigenvalue weighted by Gasteiger charge is 2.11. The first kappa shape index (κ1) is 14.4. The van der Waals surface area contributed by atoms with E-state index in [0.717, 1.165) is 6.08 Å². The molecule has 0 fully saturated rings. The van der Waals surface area contributed by atoms with E-state index in [1.165, 1.54) is 31.2 Å². The van der Waals surface area contributed by atoms with Crippen molar-refractivity contribution in [1.29, 1.82) is 0 Å². The van der Waals surface area contributed by atoms with E-state index >= 15 is 0 Å². The average molecular weight is 264 g/mol. The fraction of sp³-hybridized carbons (Fsp3) is 0.167. The molecule has 0 aliphatic heterocycles. The molecule has 1 atom stereocenters. The molecule has 1 aromatic carbocycles. The molecule has 1 unspecified atom stereocenters. The second-order valence-electron chi connectivity index (χ2n) is 3.75. The van der Waals surface area contributed by atoms with Crippen LogP contribution in [-0.2, 0) is 9.59 Å². The number of aliphatic carboxylic acids is 1. The Morgan fingerprint density at radius 1 is 1.47 bits per heavy atom. The first-order valence-corrected chi connectivity index (χ1v) is 5.36. The molecule has 19 heavy (non-hydrogen) atoms. The average Bonchev–Trinajstić information content (AvgIpc) is 2.36. The van der Waals surface area contributed by atoms with Crippen LogP contribution >= 0.6 is 0 Å². The highest BCUT2D eigenvalue weighted by atomic mass is 16.6. The van der Waals surface area contributed by atoms with E-state index in [1.807, 2.05) is 0 Å². The van der Waals surface area contributed by atoms with Gasteiger partial charge in [0.2, 0.25) is 5.91 Å². The fourth-order valence-corrected chi connectivity index (χ4v) is 1.24. The molecule has 100 valence electrons. The summed E-state index contributed by atoms with van der Waals surface area (Å²) in [5, 5.41) is 21.4. The van der Waals surface area contributed by atoms with Crippen LogP contribution in [-0.4, -0.2) is 27.9 Å². The van der Waals surface area contributed by atoms with Crippen molar-refractivity contribution in [2.45, 2.75) is 13.0 Å². The third kappa shape index (κ3) is 4.58. The number of amides is 1.